The van der Waals surface area contributed by atoms with Crippen molar-refractivity contribution < 1.29 is 9.13 Å². The van der Waals surface area contributed by atoms with Gasteiger partial charge >= 0.3 is 6.01 Å². The monoisotopic (exact) mass is 367 g/mol. The van der Waals surface area contributed by atoms with E-state index in [2.05, 4.69) is 32.0 Å². The summed E-state index contributed by atoms with van der Waals surface area (Å²) in [6, 6.07) is 3.22. The Labute approximate surface area is 154 Å². The second kappa shape index (κ2) is 7.10. The Kier molecular flexibility index (Phi) is 4.49. The Hall–Kier alpha value is -3.36. The average Bonchev–Trinajstić information content (AvgIpc) is 3.31. The smallest absolute Gasteiger partial charge is 0.336 e. The van der Waals surface area contributed by atoms with Crippen molar-refractivity contribution >= 4 is 5.65 Å². The number of hydrogen-bond donors (Lipinski definition) is 0. The van der Waals surface area contributed by atoms with Crippen LogP contribution in [0.1, 0.15) is 24.6 Å². The molecule has 0 saturated carbocycles. The molecular weight excluding hydrogens is 349 g/mol. The van der Waals surface area contributed by atoms with Gasteiger partial charge in [0, 0.05) is 24.2 Å². The number of aryl methyl sites for hydroxylation is 1. The summed E-state index contributed by atoms with van der Waals surface area (Å²) in [5.41, 5.74) is 2.74. The number of hydrogen-bond acceptors (Lipinski definition) is 6. The summed E-state index contributed by atoms with van der Waals surface area (Å²) in [5.74, 6) is 0.0422. The van der Waals surface area contributed by atoms with Gasteiger partial charge in [0.2, 0.25) is 0 Å². The van der Waals surface area contributed by atoms with Gasteiger partial charge in [0.15, 0.2) is 17.3 Å². The van der Waals surface area contributed by atoms with Gasteiger partial charge in [-0.05, 0) is 18.6 Å². The lowest BCUT2D eigenvalue weighted by Gasteiger charge is -2.11. The van der Waals surface area contributed by atoms with Crippen LogP contribution in [0, 0.1) is 5.82 Å². The van der Waals surface area contributed by atoms with E-state index in [1.165, 1.54) is 13.2 Å². The van der Waals surface area contributed by atoms with E-state index in [9.17, 15) is 4.39 Å². The molecule has 4 aromatic rings. The standard InChI is InChI=1S/C18H18FN7O/c1-3-5-12-14(22-11-26-16(12)23-18(24-26)27-2)10-25-9-8-21-17(25)15-13(19)6-4-7-20-15/h4,6-9,11H,3,5,10H2,1-2H3. The minimum atomic E-state index is -0.413. The van der Waals surface area contributed by atoms with Crippen LogP contribution >= 0.6 is 0 Å². The predicted molar refractivity (Wildman–Crippen MR) is 95.8 cm³/mol. The molecular formula is C18H18FN7O. The number of aromatic nitrogens is 7. The van der Waals surface area contributed by atoms with Gasteiger partial charge in [-0.1, -0.05) is 13.3 Å². The molecule has 0 aliphatic carbocycles. The van der Waals surface area contributed by atoms with Crippen molar-refractivity contribution in [1.82, 2.24) is 34.1 Å². The third kappa shape index (κ3) is 3.12. The second-order valence-electron chi connectivity index (χ2n) is 6.00. The van der Waals surface area contributed by atoms with Crippen LogP contribution < -0.4 is 4.74 Å². The Bertz CT molecular complexity index is 1090. The molecule has 0 spiro atoms. The zero-order valence-electron chi connectivity index (χ0n) is 15.0. The summed E-state index contributed by atoms with van der Waals surface area (Å²) in [7, 11) is 1.53. The van der Waals surface area contributed by atoms with Gasteiger partial charge in [-0.15, -0.1) is 5.10 Å². The molecule has 9 heteroatoms. The molecule has 0 fully saturated rings. The second-order valence-corrected chi connectivity index (χ2v) is 6.00. The van der Waals surface area contributed by atoms with Gasteiger partial charge in [0.05, 0.1) is 19.3 Å². The van der Waals surface area contributed by atoms with Crippen LogP contribution in [-0.2, 0) is 13.0 Å². The molecule has 0 amide bonds. The number of fused-ring (bicyclic) bond motifs is 1. The van der Waals surface area contributed by atoms with Gasteiger partial charge < -0.3 is 9.30 Å². The normalized spacial score (nSPS) is 11.2. The SMILES string of the molecule is CCCc1c(Cn2ccnc2-c2ncccc2F)ncn2nc(OC)nc12. The maximum Gasteiger partial charge on any atom is 0.336 e. The zero-order valence-corrected chi connectivity index (χ0v) is 15.0. The molecule has 0 aromatic carbocycles. The summed E-state index contributed by atoms with van der Waals surface area (Å²) < 4.78 is 22.7. The number of ether oxygens (including phenoxy) is 1. The largest absolute Gasteiger partial charge is 0.466 e. The molecule has 138 valence electrons. The van der Waals surface area contributed by atoms with E-state index < -0.39 is 5.82 Å². The Morgan fingerprint density at radius 3 is 2.85 bits per heavy atom. The molecule has 0 aliphatic heterocycles. The highest BCUT2D eigenvalue weighted by atomic mass is 19.1. The Morgan fingerprint density at radius 1 is 1.19 bits per heavy atom. The summed E-state index contributed by atoms with van der Waals surface area (Å²) in [5, 5.41) is 4.23. The van der Waals surface area contributed by atoms with Crippen LogP contribution in [0.15, 0.2) is 37.1 Å². The van der Waals surface area contributed by atoms with Gasteiger partial charge in [-0.3, -0.25) is 0 Å². The Morgan fingerprint density at radius 2 is 2.07 bits per heavy atom. The average molecular weight is 367 g/mol. The minimum Gasteiger partial charge on any atom is -0.466 e. The zero-order chi connectivity index (χ0) is 18.8. The van der Waals surface area contributed by atoms with Crippen LogP contribution in [0.4, 0.5) is 4.39 Å². The quantitative estimate of drug-likeness (QED) is 0.521. The van der Waals surface area contributed by atoms with Crippen molar-refractivity contribution in [3.8, 4) is 17.5 Å². The van der Waals surface area contributed by atoms with Gasteiger partial charge in [-0.2, -0.15) is 9.50 Å². The number of halogens is 1. The molecule has 4 rings (SSSR count). The van der Waals surface area contributed by atoms with E-state index in [0.29, 0.717) is 24.0 Å². The first kappa shape index (κ1) is 17.1. The van der Waals surface area contributed by atoms with Crippen LogP contribution in [0.2, 0.25) is 0 Å². The highest BCUT2D eigenvalue weighted by Crippen LogP contribution is 2.22. The maximum absolute atomic E-state index is 14.2. The van der Waals surface area contributed by atoms with Crippen LogP contribution in [0.5, 0.6) is 6.01 Å². The lowest BCUT2D eigenvalue weighted by molar-refractivity contribution is 0.380. The first-order valence-electron chi connectivity index (χ1n) is 8.60. The van der Waals surface area contributed by atoms with Crippen molar-refractivity contribution in [2.75, 3.05) is 7.11 Å². The van der Waals surface area contributed by atoms with Crippen molar-refractivity contribution in [1.29, 1.82) is 0 Å². The summed E-state index contributed by atoms with van der Waals surface area (Å²) in [6.07, 6.45) is 8.28. The fourth-order valence-corrected chi connectivity index (χ4v) is 3.02. The lowest BCUT2D eigenvalue weighted by atomic mass is 10.1. The van der Waals surface area contributed by atoms with Crippen LogP contribution in [0.25, 0.3) is 17.2 Å². The lowest BCUT2D eigenvalue weighted by Crippen LogP contribution is -2.10. The van der Waals surface area contributed by atoms with Crippen molar-refractivity contribution in [3.05, 3.63) is 54.1 Å². The Balaban J connectivity index is 1.78. The highest BCUT2D eigenvalue weighted by Gasteiger charge is 2.17. The summed E-state index contributed by atoms with van der Waals surface area (Å²) in [6.45, 7) is 2.51. The molecule has 0 N–H and O–H groups in total. The van der Waals surface area contributed by atoms with E-state index in [0.717, 1.165) is 24.1 Å². The molecule has 0 bridgehead atoms. The number of imidazole rings is 1. The third-order valence-electron chi connectivity index (χ3n) is 4.24. The highest BCUT2D eigenvalue weighted by molar-refractivity contribution is 5.52. The van der Waals surface area contributed by atoms with Gasteiger partial charge in [0.25, 0.3) is 0 Å². The molecule has 0 saturated heterocycles. The third-order valence-corrected chi connectivity index (χ3v) is 4.24. The maximum atomic E-state index is 14.2. The van der Waals surface area contributed by atoms with Gasteiger partial charge in [0.1, 0.15) is 12.0 Å². The molecule has 0 unspecified atom stereocenters. The number of pyridine rings is 1. The molecule has 27 heavy (non-hydrogen) atoms. The molecule has 0 aliphatic rings. The van der Waals surface area contributed by atoms with E-state index >= 15 is 0 Å². The first-order chi connectivity index (χ1) is 13.2. The van der Waals surface area contributed by atoms with Crippen molar-refractivity contribution in [3.63, 3.8) is 0 Å². The van der Waals surface area contributed by atoms with E-state index in [1.54, 1.807) is 35.5 Å². The fraction of sp³-hybridized carbons (Fsp3) is 0.278. The van der Waals surface area contributed by atoms with E-state index in [-0.39, 0.29) is 5.69 Å². The molecule has 4 aromatic heterocycles. The topological polar surface area (TPSA) is 83.0 Å². The molecule has 0 atom stereocenters. The van der Waals surface area contributed by atoms with Crippen molar-refractivity contribution in [2.24, 2.45) is 0 Å². The number of rotatable bonds is 6. The van der Waals surface area contributed by atoms with E-state index in [4.69, 9.17) is 4.74 Å². The minimum absolute atomic E-state index is 0.213. The van der Waals surface area contributed by atoms with Crippen LogP contribution in [0.3, 0.4) is 0 Å². The van der Waals surface area contributed by atoms with E-state index in [1.807, 2.05) is 4.57 Å². The first-order valence-corrected chi connectivity index (χ1v) is 8.60. The van der Waals surface area contributed by atoms with Gasteiger partial charge in [-0.25, -0.2) is 19.3 Å². The van der Waals surface area contributed by atoms with Crippen LogP contribution in [-0.4, -0.2) is 41.2 Å². The molecule has 8 nitrogen and oxygen atoms in total. The summed E-state index contributed by atoms with van der Waals surface area (Å²) in [4.78, 5) is 17.4. The molecule has 0 radical (unpaired) electrons. The summed E-state index contributed by atoms with van der Waals surface area (Å²) >= 11 is 0. The predicted octanol–water partition coefficient (Wildman–Crippen LogP) is 2.53. The fourth-order valence-electron chi connectivity index (χ4n) is 3.02. The number of methoxy groups -OCH3 is 1. The molecule has 4 heterocycles. The number of nitrogens with zero attached hydrogens (tertiary/aromatic N) is 7. The van der Waals surface area contributed by atoms with Crippen molar-refractivity contribution in [2.45, 2.75) is 26.3 Å².